The smallest absolute Gasteiger partial charge is 0.330 e. The summed E-state index contributed by atoms with van der Waals surface area (Å²) in [5.74, 6) is -2.13. The predicted molar refractivity (Wildman–Crippen MR) is 177 cm³/mol. The third-order valence-electron chi connectivity index (χ3n) is 7.03. The fourth-order valence-electron chi connectivity index (χ4n) is 4.72. The molecular weight excluding hydrogens is 556 g/mol. The van der Waals surface area contributed by atoms with E-state index in [2.05, 4.69) is 11.9 Å². The van der Waals surface area contributed by atoms with Gasteiger partial charge in [-0.1, -0.05) is 78.3 Å². The molecular formula is C36H52N2O6. The molecule has 0 saturated carbocycles. The lowest BCUT2D eigenvalue weighted by Crippen LogP contribution is -2.32. The maximum absolute atomic E-state index is 12.7. The Labute approximate surface area is 263 Å². The van der Waals surface area contributed by atoms with Crippen molar-refractivity contribution in [1.29, 1.82) is 0 Å². The number of nitrogens with one attached hydrogen (secondary N) is 1. The monoisotopic (exact) mass is 608 g/mol. The third-order valence-corrected chi connectivity index (χ3v) is 7.03. The molecule has 44 heavy (non-hydrogen) atoms. The van der Waals surface area contributed by atoms with Gasteiger partial charge in [0.2, 0.25) is 11.8 Å². The molecule has 0 bridgehead atoms. The van der Waals surface area contributed by atoms with Gasteiger partial charge in [-0.2, -0.15) is 0 Å². The molecule has 8 heteroatoms. The van der Waals surface area contributed by atoms with Crippen molar-refractivity contribution in [2.24, 2.45) is 17.6 Å². The highest BCUT2D eigenvalue weighted by Gasteiger charge is 2.22. The molecule has 0 radical (unpaired) electrons. The lowest BCUT2D eigenvalue weighted by molar-refractivity contribution is -0.144. The van der Waals surface area contributed by atoms with E-state index in [1.807, 2.05) is 58.9 Å². The van der Waals surface area contributed by atoms with E-state index >= 15 is 0 Å². The molecule has 0 aromatic carbocycles. The van der Waals surface area contributed by atoms with Crippen LogP contribution in [0.4, 0.5) is 0 Å². The lowest BCUT2D eigenvalue weighted by atomic mass is 9.94. The number of hydrogen-bond donors (Lipinski definition) is 4. The summed E-state index contributed by atoms with van der Waals surface area (Å²) in [5.41, 5.74) is 9.33. The molecule has 1 aliphatic rings. The van der Waals surface area contributed by atoms with Crippen LogP contribution in [0.15, 0.2) is 95.8 Å². The van der Waals surface area contributed by atoms with Crippen LogP contribution in [0.2, 0.25) is 0 Å². The number of ether oxygens (including phenoxy) is 1. The lowest BCUT2D eigenvalue weighted by Gasteiger charge is -2.22. The Morgan fingerprint density at radius 1 is 1.16 bits per heavy atom. The number of primary amides is 1. The number of nitrogens with two attached hydrogens (primary N) is 1. The van der Waals surface area contributed by atoms with Crippen LogP contribution in [0.25, 0.3) is 0 Å². The van der Waals surface area contributed by atoms with Gasteiger partial charge in [0.15, 0.2) is 0 Å². The van der Waals surface area contributed by atoms with E-state index in [-0.39, 0.29) is 11.8 Å². The molecule has 1 aliphatic heterocycles. The van der Waals surface area contributed by atoms with E-state index in [4.69, 9.17) is 10.5 Å². The van der Waals surface area contributed by atoms with Gasteiger partial charge in [0.1, 0.15) is 6.10 Å². The van der Waals surface area contributed by atoms with Crippen LogP contribution in [-0.2, 0) is 19.1 Å². The van der Waals surface area contributed by atoms with Gasteiger partial charge in [-0.3, -0.25) is 9.59 Å². The summed E-state index contributed by atoms with van der Waals surface area (Å²) in [5, 5.41) is 23.4. The molecule has 5 N–H and O–H groups in total. The van der Waals surface area contributed by atoms with Gasteiger partial charge in [0, 0.05) is 30.7 Å². The molecule has 0 saturated heterocycles. The Bertz CT molecular complexity index is 1190. The topological polar surface area (TPSA) is 139 Å². The standard InChI is InChI=1S/C36H52N2O6/c1-25(2)21-28(5)24-34(41)38-20-19-27(4)22-29(6)33-23-26(3)13-9-7-11-15-31(36(37)43)32(40)18-17-30(39)14-10-8-12-16-35(42)44-33/h7,9,12-13,16-20,22,24,29-33,39-40H,1,8,10-11,14-15,21,23H2,2-6H3,(H2,37,43)(H,38,41)/b9-7+,16-12+,18-17+,20-19+,26-13+,27-22-,28-24-/t29-,30+,31+,32+,33-/m1/s1. The summed E-state index contributed by atoms with van der Waals surface area (Å²) < 4.78 is 5.87. The van der Waals surface area contributed by atoms with Crippen LogP contribution < -0.4 is 11.1 Å². The normalized spacial score (nSPS) is 27.7. The van der Waals surface area contributed by atoms with Crippen LogP contribution in [0, 0.1) is 11.8 Å². The largest absolute Gasteiger partial charge is 0.458 e. The second kappa shape index (κ2) is 21.0. The number of cyclic esters (lactones) is 1. The fraction of sp³-hybridized carbons (Fsp3) is 0.472. The molecule has 0 spiro atoms. The molecule has 0 unspecified atom stereocenters. The van der Waals surface area contributed by atoms with E-state index in [0.29, 0.717) is 44.9 Å². The first kappa shape index (κ1) is 38.3. The molecule has 242 valence electrons. The average molecular weight is 609 g/mol. The molecule has 1 heterocycles. The van der Waals surface area contributed by atoms with Crippen molar-refractivity contribution < 1.29 is 29.3 Å². The first-order valence-electron chi connectivity index (χ1n) is 15.3. The number of aliphatic hydroxyl groups excluding tert-OH is 2. The van der Waals surface area contributed by atoms with Gasteiger partial charge in [0.25, 0.3) is 0 Å². The van der Waals surface area contributed by atoms with Gasteiger partial charge in [0.05, 0.1) is 18.1 Å². The van der Waals surface area contributed by atoms with E-state index in [9.17, 15) is 24.6 Å². The minimum absolute atomic E-state index is 0.129. The number of hydrogen-bond acceptors (Lipinski definition) is 6. The second-order valence-corrected chi connectivity index (χ2v) is 11.7. The van der Waals surface area contributed by atoms with Crippen LogP contribution >= 0.6 is 0 Å². The van der Waals surface area contributed by atoms with Crippen molar-refractivity contribution in [3.8, 4) is 0 Å². The van der Waals surface area contributed by atoms with Crippen molar-refractivity contribution in [1.82, 2.24) is 5.32 Å². The first-order valence-corrected chi connectivity index (χ1v) is 15.3. The van der Waals surface area contributed by atoms with Gasteiger partial charge >= 0.3 is 5.97 Å². The molecule has 0 aliphatic carbocycles. The van der Waals surface area contributed by atoms with Crippen LogP contribution in [0.1, 0.15) is 79.6 Å². The second-order valence-electron chi connectivity index (χ2n) is 11.7. The summed E-state index contributed by atoms with van der Waals surface area (Å²) in [7, 11) is 0. The minimum atomic E-state index is -1.08. The van der Waals surface area contributed by atoms with Gasteiger partial charge in [-0.15, -0.1) is 0 Å². The third kappa shape index (κ3) is 17.4. The van der Waals surface area contributed by atoms with Crippen LogP contribution in [0.3, 0.4) is 0 Å². The molecule has 0 fully saturated rings. The number of esters is 1. The van der Waals surface area contributed by atoms with Crippen molar-refractivity contribution in [3.05, 3.63) is 95.8 Å². The fourth-order valence-corrected chi connectivity index (χ4v) is 4.72. The number of aliphatic hydroxyl groups is 2. The maximum Gasteiger partial charge on any atom is 0.330 e. The Morgan fingerprint density at radius 3 is 2.57 bits per heavy atom. The van der Waals surface area contributed by atoms with Crippen molar-refractivity contribution in [2.45, 2.75) is 97.9 Å². The van der Waals surface area contributed by atoms with Crippen molar-refractivity contribution in [2.75, 3.05) is 0 Å². The van der Waals surface area contributed by atoms with E-state index in [1.54, 1.807) is 24.4 Å². The highest BCUT2D eigenvalue weighted by atomic mass is 16.5. The quantitative estimate of drug-likeness (QED) is 0.119. The van der Waals surface area contributed by atoms with E-state index < -0.39 is 36.1 Å². The first-order chi connectivity index (χ1) is 20.8. The highest BCUT2D eigenvalue weighted by molar-refractivity contribution is 5.89. The summed E-state index contributed by atoms with van der Waals surface area (Å²) in [6, 6.07) is 0. The summed E-state index contributed by atoms with van der Waals surface area (Å²) in [4.78, 5) is 36.8. The summed E-state index contributed by atoms with van der Waals surface area (Å²) >= 11 is 0. The molecule has 1 rings (SSSR count). The summed E-state index contributed by atoms with van der Waals surface area (Å²) in [6.07, 6.45) is 20.1. The molecule has 0 aromatic rings. The van der Waals surface area contributed by atoms with Crippen molar-refractivity contribution >= 4 is 17.8 Å². The zero-order valence-corrected chi connectivity index (χ0v) is 27.0. The summed E-state index contributed by atoms with van der Waals surface area (Å²) in [6.45, 7) is 13.5. The van der Waals surface area contributed by atoms with Crippen LogP contribution in [0.5, 0.6) is 0 Å². The van der Waals surface area contributed by atoms with Gasteiger partial charge in [-0.25, -0.2) is 4.79 Å². The number of amides is 2. The number of allylic oxidation sites excluding steroid dienone is 8. The Balaban J connectivity index is 3.06. The van der Waals surface area contributed by atoms with Gasteiger partial charge < -0.3 is 26.0 Å². The van der Waals surface area contributed by atoms with Crippen LogP contribution in [-0.4, -0.2) is 46.3 Å². The maximum atomic E-state index is 12.7. The number of carbonyl (C=O) groups excluding carboxylic acids is 3. The number of carbonyl (C=O) groups is 3. The van der Waals surface area contributed by atoms with E-state index in [0.717, 1.165) is 22.3 Å². The molecule has 0 aromatic heterocycles. The SMILES string of the molecule is C=C(C)C/C(C)=C\C(=O)N/C=C/C(C)=C\[C@@H](C)[C@H]1C/C(C)=C/C=C/CC[C@H](C(N)=O)[C@@H](O)/C=C/[C@@H](O)CCC/C=C/C(=O)O1. The Kier molecular flexibility index (Phi) is 18.3. The minimum Gasteiger partial charge on any atom is -0.458 e. The predicted octanol–water partition coefficient (Wildman–Crippen LogP) is 5.82. The number of rotatable bonds is 8. The zero-order valence-electron chi connectivity index (χ0n) is 27.0. The van der Waals surface area contributed by atoms with Gasteiger partial charge in [-0.05, 0) is 72.3 Å². The molecule has 8 nitrogen and oxygen atoms in total. The average Bonchev–Trinajstić information content (AvgIpc) is 2.91. The van der Waals surface area contributed by atoms with E-state index in [1.165, 1.54) is 18.2 Å². The Hall–Kier alpha value is -3.75. The zero-order chi connectivity index (χ0) is 33.1. The highest BCUT2D eigenvalue weighted by Crippen LogP contribution is 2.21. The molecule has 5 atom stereocenters. The Morgan fingerprint density at radius 2 is 1.89 bits per heavy atom. The van der Waals surface area contributed by atoms with Crippen molar-refractivity contribution in [3.63, 3.8) is 0 Å². The molecule has 2 amide bonds.